The summed E-state index contributed by atoms with van der Waals surface area (Å²) in [7, 11) is 0. The molecule has 1 saturated carbocycles. The van der Waals surface area contributed by atoms with Gasteiger partial charge in [0.1, 0.15) is 5.69 Å². The number of aromatic nitrogens is 4. The molecule has 1 amide bonds. The van der Waals surface area contributed by atoms with Gasteiger partial charge in [-0.25, -0.2) is 9.67 Å². The first-order valence-corrected chi connectivity index (χ1v) is 13.8. The number of nitrogens with two attached hydrogens (primary N) is 1. The van der Waals surface area contributed by atoms with Crippen molar-refractivity contribution in [2.24, 2.45) is 5.73 Å². The molecule has 2 fully saturated rings. The molecule has 1 aliphatic carbocycles. The summed E-state index contributed by atoms with van der Waals surface area (Å²) in [5.74, 6) is 0.0257. The summed E-state index contributed by atoms with van der Waals surface area (Å²) in [6.07, 6.45) is 6.82. The molecule has 10 heteroatoms. The Hall–Kier alpha value is -2.33. The highest BCUT2D eigenvalue weighted by Gasteiger charge is 2.37. The maximum Gasteiger partial charge on any atom is 0.268 e. The smallest absolute Gasteiger partial charge is 0.268 e. The molecule has 5 rings (SSSR count). The van der Waals surface area contributed by atoms with Gasteiger partial charge in [-0.15, -0.1) is 16.4 Å². The molecule has 3 heterocycles. The van der Waals surface area contributed by atoms with Crippen LogP contribution >= 0.6 is 22.9 Å². The maximum atomic E-state index is 11.7. The minimum Gasteiger partial charge on any atom is -0.373 e. The van der Waals surface area contributed by atoms with Crippen LogP contribution in [0, 0.1) is 13.8 Å². The van der Waals surface area contributed by atoms with Crippen LogP contribution in [0.2, 0.25) is 5.02 Å². The van der Waals surface area contributed by atoms with Crippen molar-refractivity contribution in [3.8, 4) is 0 Å². The number of halogens is 1. The third-order valence-corrected chi connectivity index (χ3v) is 9.09. The number of hydrogen-bond acceptors (Lipinski definition) is 7. The van der Waals surface area contributed by atoms with Crippen molar-refractivity contribution < 1.29 is 9.53 Å². The second-order valence-electron chi connectivity index (χ2n) is 10.0. The molecule has 0 unspecified atom stereocenters. The second-order valence-corrected chi connectivity index (χ2v) is 11.7. The molecule has 2 aromatic heterocycles. The van der Waals surface area contributed by atoms with E-state index in [4.69, 9.17) is 27.1 Å². The lowest BCUT2D eigenvalue weighted by atomic mass is 9.84. The molecule has 0 radical (unpaired) electrons. The van der Waals surface area contributed by atoms with Gasteiger partial charge in [-0.3, -0.25) is 9.69 Å². The lowest BCUT2D eigenvalue weighted by molar-refractivity contribution is -0.0906. The number of amides is 1. The molecule has 2 atom stereocenters. The Kier molecular flexibility index (Phi) is 7.71. The highest BCUT2D eigenvalue weighted by atomic mass is 35.5. The van der Waals surface area contributed by atoms with Gasteiger partial charge in [-0.2, -0.15) is 0 Å². The molecule has 1 aliphatic heterocycles. The lowest BCUT2D eigenvalue weighted by Gasteiger charge is -2.46. The van der Waals surface area contributed by atoms with Crippen molar-refractivity contribution in [1.29, 1.82) is 0 Å². The van der Waals surface area contributed by atoms with Gasteiger partial charge in [0, 0.05) is 34.4 Å². The molecular formula is C26H33ClN6O2S. The number of aryl methyl sites for hydroxylation is 2. The average molecular weight is 529 g/mol. The molecular weight excluding hydrogens is 496 g/mol. The van der Waals surface area contributed by atoms with Crippen LogP contribution in [0.4, 0.5) is 0 Å². The number of ether oxygens (including phenoxy) is 1. The van der Waals surface area contributed by atoms with Crippen molar-refractivity contribution in [2.45, 2.75) is 76.6 Å². The molecule has 192 valence electrons. The quantitative estimate of drug-likeness (QED) is 0.494. The summed E-state index contributed by atoms with van der Waals surface area (Å²) in [5, 5.41) is 9.98. The van der Waals surface area contributed by atoms with Gasteiger partial charge in [0.05, 0.1) is 36.2 Å². The van der Waals surface area contributed by atoms with Crippen LogP contribution in [-0.2, 0) is 17.7 Å². The standard InChI is InChI=1S/C26H33ClN6O2S/c1-16-17(2)36-26(30-16)19-5-9-21(10-6-19)32-13-23(14-33-24(25(28)34)12-29-31-33)35-15-22(32)11-18-3-7-20(27)8-4-18/h3-4,7-8,12,19,21-23H,5-6,9-11,13-15H2,1-2H3,(H2,28,34)/t19?,21?,22-,23-/m0/s1. The first kappa shape index (κ1) is 25.3. The van der Waals surface area contributed by atoms with E-state index in [1.54, 1.807) is 4.68 Å². The van der Waals surface area contributed by atoms with E-state index in [9.17, 15) is 4.79 Å². The Morgan fingerprint density at radius 3 is 2.61 bits per heavy atom. The van der Waals surface area contributed by atoms with Crippen LogP contribution < -0.4 is 5.73 Å². The number of nitrogens with zero attached hydrogens (tertiary/aromatic N) is 5. The Bertz CT molecular complexity index is 1170. The molecule has 36 heavy (non-hydrogen) atoms. The molecule has 1 aromatic carbocycles. The van der Waals surface area contributed by atoms with Crippen LogP contribution in [0.1, 0.15) is 63.2 Å². The van der Waals surface area contributed by atoms with Crippen LogP contribution in [0.15, 0.2) is 30.5 Å². The van der Waals surface area contributed by atoms with Crippen LogP contribution in [0.5, 0.6) is 0 Å². The van der Waals surface area contributed by atoms with E-state index >= 15 is 0 Å². The molecule has 1 saturated heterocycles. The average Bonchev–Trinajstić information content (AvgIpc) is 3.47. The van der Waals surface area contributed by atoms with Gasteiger partial charge in [-0.1, -0.05) is 28.9 Å². The SMILES string of the molecule is Cc1nc(C2CCC(N3C[C@@H](Cn4nncc4C(N)=O)OC[C@@H]3Cc3ccc(Cl)cc3)CC2)sc1C. The summed E-state index contributed by atoms with van der Waals surface area (Å²) in [4.78, 5) is 20.6. The zero-order valence-corrected chi connectivity index (χ0v) is 22.3. The van der Waals surface area contributed by atoms with E-state index in [1.165, 1.54) is 27.3 Å². The minimum atomic E-state index is -0.528. The highest BCUT2D eigenvalue weighted by Crippen LogP contribution is 2.38. The van der Waals surface area contributed by atoms with Crippen molar-refractivity contribution in [1.82, 2.24) is 24.9 Å². The van der Waals surface area contributed by atoms with Crippen molar-refractivity contribution >= 4 is 28.8 Å². The maximum absolute atomic E-state index is 11.7. The highest BCUT2D eigenvalue weighted by molar-refractivity contribution is 7.11. The van der Waals surface area contributed by atoms with E-state index in [1.807, 2.05) is 23.5 Å². The lowest BCUT2D eigenvalue weighted by Crippen LogP contribution is -2.56. The summed E-state index contributed by atoms with van der Waals surface area (Å²) in [6, 6.07) is 8.87. The molecule has 0 spiro atoms. The normalized spacial score (nSPS) is 25.2. The van der Waals surface area contributed by atoms with Gasteiger partial charge >= 0.3 is 0 Å². The third kappa shape index (κ3) is 5.64. The Balaban J connectivity index is 1.30. The van der Waals surface area contributed by atoms with Gasteiger partial charge in [0.25, 0.3) is 5.91 Å². The van der Waals surface area contributed by atoms with Gasteiger partial charge in [-0.05, 0) is 63.6 Å². The molecule has 2 aliphatic rings. The summed E-state index contributed by atoms with van der Waals surface area (Å²) in [5.41, 5.74) is 8.22. The molecule has 8 nitrogen and oxygen atoms in total. The van der Waals surface area contributed by atoms with E-state index in [0.29, 0.717) is 30.8 Å². The summed E-state index contributed by atoms with van der Waals surface area (Å²) < 4.78 is 7.87. The minimum absolute atomic E-state index is 0.0896. The number of morpholine rings is 1. The number of hydrogen-bond donors (Lipinski definition) is 1. The zero-order valence-electron chi connectivity index (χ0n) is 20.8. The Labute approximate surface area is 220 Å². The fraction of sp³-hybridized carbons (Fsp3) is 0.538. The fourth-order valence-electron chi connectivity index (χ4n) is 5.51. The molecule has 3 aromatic rings. The van der Waals surface area contributed by atoms with Crippen LogP contribution in [0.3, 0.4) is 0 Å². The van der Waals surface area contributed by atoms with Gasteiger partial charge in [0.15, 0.2) is 0 Å². The van der Waals surface area contributed by atoms with Gasteiger partial charge < -0.3 is 10.5 Å². The van der Waals surface area contributed by atoms with Crippen LogP contribution in [0.25, 0.3) is 0 Å². The largest absolute Gasteiger partial charge is 0.373 e. The first-order chi connectivity index (χ1) is 17.4. The van der Waals surface area contributed by atoms with Crippen molar-refractivity contribution in [2.75, 3.05) is 13.2 Å². The predicted molar refractivity (Wildman–Crippen MR) is 141 cm³/mol. The van der Waals surface area contributed by atoms with E-state index in [0.717, 1.165) is 43.7 Å². The number of rotatable bonds is 7. The van der Waals surface area contributed by atoms with E-state index in [2.05, 4.69) is 41.2 Å². The number of carbonyl (C=O) groups excluding carboxylic acids is 1. The first-order valence-electron chi connectivity index (χ1n) is 12.6. The van der Waals surface area contributed by atoms with E-state index in [-0.39, 0.29) is 12.1 Å². The van der Waals surface area contributed by atoms with Crippen LogP contribution in [-0.4, -0.2) is 62.1 Å². The monoisotopic (exact) mass is 528 g/mol. The van der Waals surface area contributed by atoms with E-state index < -0.39 is 5.91 Å². The number of carbonyl (C=O) groups is 1. The Morgan fingerprint density at radius 2 is 1.94 bits per heavy atom. The molecule has 2 N–H and O–H groups in total. The topological polar surface area (TPSA) is 99.2 Å². The Morgan fingerprint density at radius 1 is 1.19 bits per heavy atom. The van der Waals surface area contributed by atoms with Gasteiger partial charge in [0.2, 0.25) is 0 Å². The fourth-order valence-corrected chi connectivity index (χ4v) is 6.73. The zero-order chi connectivity index (χ0) is 25.2. The van der Waals surface area contributed by atoms with Crippen molar-refractivity contribution in [3.05, 3.63) is 62.3 Å². The number of thiazole rings is 1. The third-order valence-electron chi connectivity index (χ3n) is 7.60. The predicted octanol–water partition coefficient (Wildman–Crippen LogP) is 4.14. The summed E-state index contributed by atoms with van der Waals surface area (Å²) in [6.45, 7) is 6.13. The second kappa shape index (κ2) is 11.0. The number of primary amides is 1. The number of benzene rings is 1. The molecule has 0 bridgehead atoms. The summed E-state index contributed by atoms with van der Waals surface area (Å²) >= 11 is 7.97. The van der Waals surface area contributed by atoms with Crippen molar-refractivity contribution in [3.63, 3.8) is 0 Å².